The van der Waals surface area contributed by atoms with E-state index in [1.807, 2.05) is 26.0 Å². The SMILES string of the molecule is [2H]C(C)(C)c1cc(-n2c(-c3cc(C(C)C)cc(C(C)C)c3O)nc3c(-c4cc(-c5cc(-c6ccc(C(C([2H])([2H])[2H])(C([2H])([2H])[2H])C([2H])([2H])[2H])cc6)ccn5)cc(C(C)(C)C)c4)cccc32)ccc1-c1ccccc1C(C)(C)C. The molecule has 4 nitrogen and oxygen atoms in total. The summed E-state index contributed by atoms with van der Waals surface area (Å²) >= 11 is 0. The molecule has 0 aliphatic rings. The van der Waals surface area contributed by atoms with Gasteiger partial charge in [0.1, 0.15) is 11.6 Å². The lowest BCUT2D eigenvalue weighted by atomic mass is 9.80. The zero-order valence-corrected chi connectivity index (χ0v) is 41.1. The minimum absolute atomic E-state index is 0.0208. The number of hydrogen-bond acceptors (Lipinski definition) is 3. The molecule has 67 heavy (non-hydrogen) atoms. The van der Waals surface area contributed by atoms with Crippen LogP contribution < -0.4 is 0 Å². The molecule has 8 rings (SSSR count). The highest BCUT2D eigenvalue weighted by molar-refractivity contribution is 5.97. The first kappa shape index (κ1) is 35.9. The maximum atomic E-state index is 12.4. The van der Waals surface area contributed by atoms with E-state index in [-0.39, 0.29) is 34.0 Å². The highest BCUT2D eigenvalue weighted by atomic mass is 16.3. The van der Waals surface area contributed by atoms with Gasteiger partial charge >= 0.3 is 0 Å². The van der Waals surface area contributed by atoms with Gasteiger partial charge in [0, 0.05) is 36.7 Å². The Hall–Kier alpha value is -6.26. The van der Waals surface area contributed by atoms with E-state index in [0.717, 1.165) is 61.3 Å². The van der Waals surface area contributed by atoms with Gasteiger partial charge in [-0.2, -0.15) is 0 Å². The van der Waals surface area contributed by atoms with Gasteiger partial charge in [-0.3, -0.25) is 9.55 Å². The van der Waals surface area contributed by atoms with Crippen LogP contribution in [0.1, 0.15) is 168 Å². The number of imidazole rings is 1. The van der Waals surface area contributed by atoms with E-state index in [1.54, 1.807) is 24.4 Å². The summed E-state index contributed by atoms with van der Waals surface area (Å²) in [6.07, 6.45) is 1.68. The van der Waals surface area contributed by atoms with Crippen molar-refractivity contribution in [3.63, 3.8) is 0 Å². The van der Waals surface area contributed by atoms with Crippen LogP contribution in [0.25, 0.3) is 72.7 Å². The fourth-order valence-electron chi connectivity index (χ4n) is 9.13. The van der Waals surface area contributed by atoms with Crippen molar-refractivity contribution in [2.24, 2.45) is 0 Å². The largest absolute Gasteiger partial charge is 0.507 e. The molecule has 4 heteroatoms. The molecule has 0 radical (unpaired) electrons. The quantitative estimate of drug-likeness (QED) is 0.157. The molecule has 2 aromatic heterocycles. The van der Waals surface area contributed by atoms with Gasteiger partial charge in [0.15, 0.2) is 0 Å². The molecule has 0 saturated carbocycles. The number of para-hydroxylation sites is 1. The van der Waals surface area contributed by atoms with Crippen LogP contribution in [0, 0.1) is 0 Å². The molecule has 2 heterocycles. The summed E-state index contributed by atoms with van der Waals surface area (Å²) < 4.78 is 85.7. The second kappa shape index (κ2) is 17.8. The molecular weight excluding hydrogens is 815 g/mol. The van der Waals surface area contributed by atoms with Gasteiger partial charge in [0.25, 0.3) is 0 Å². The van der Waals surface area contributed by atoms with Gasteiger partial charge in [-0.1, -0.05) is 183 Å². The summed E-state index contributed by atoms with van der Waals surface area (Å²) in [4.78, 5) is 10.4. The molecule has 1 N–H and O–H groups in total. The number of benzene rings is 6. The van der Waals surface area contributed by atoms with Gasteiger partial charge in [0.2, 0.25) is 0 Å². The van der Waals surface area contributed by atoms with Crippen molar-refractivity contribution in [1.82, 2.24) is 14.5 Å². The molecule has 0 unspecified atom stereocenters. The summed E-state index contributed by atoms with van der Waals surface area (Å²) in [5.41, 5.74) is 10.5. The summed E-state index contributed by atoms with van der Waals surface area (Å²) in [5.74, 6) is -0.0960. The van der Waals surface area contributed by atoms with Crippen molar-refractivity contribution < 1.29 is 18.8 Å². The molecule has 0 spiro atoms. The molecule has 6 aromatic carbocycles. The van der Waals surface area contributed by atoms with E-state index in [1.165, 1.54) is 17.7 Å². The summed E-state index contributed by atoms with van der Waals surface area (Å²) in [6, 6.07) is 40.9. The maximum absolute atomic E-state index is 12.4. The fraction of sp³-hybridized carbons (Fsp3) is 0.333. The van der Waals surface area contributed by atoms with Gasteiger partial charge in [-0.15, -0.1) is 0 Å². The Kier molecular flexibility index (Phi) is 9.51. The number of nitrogens with zero attached hydrogens (tertiary/aromatic N) is 3. The lowest BCUT2D eigenvalue weighted by Crippen LogP contribution is -2.13. The van der Waals surface area contributed by atoms with Crippen LogP contribution in [0.4, 0.5) is 0 Å². The van der Waals surface area contributed by atoms with Crippen LogP contribution >= 0.6 is 0 Å². The molecule has 0 aliphatic carbocycles. The van der Waals surface area contributed by atoms with Crippen LogP contribution in [-0.4, -0.2) is 19.6 Å². The Balaban J connectivity index is 1.36. The van der Waals surface area contributed by atoms with Crippen molar-refractivity contribution in [1.29, 1.82) is 0 Å². The molecule has 0 saturated heterocycles. The summed E-state index contributed by atoms with van der Waals surface area (Å²) in [7, 11) is 0. The van der Waals surface area contributed by atoms with E-state index in [0.29, 0.717) is 33.7 Å². The van der Waals surface area contributed by atoms with E-state index in [4.69, 9.17) is 22.3 Å². The highest BCUT2D eigenvalue weighted by Gasteiger charge is 2.27. The molecule has 0 bridgehead atoms. The number of pyridine rings is 1. The van der Waals surface area contributed by atoms with Gasteiger partial charge < -0.3 is 5.11 Å². The number of fused-ring (bicyclic) bond motifs is 1. The Morgan fingerprint density at radius 2 is 1.25 bits per heavy atom. The van der Waals surface area contributed by atoms with E-state index in [2.05, 4.69) is 159 Å². The Labute approximate surface area is 415 Å². The third-order valence-corrected chi connectivity index (χ3v) is 13.0. The molecule has 0 atom stereocenters. The minimum atomic E-state index is -3.37. The zero-order chi connectivity index (χ0) is 56.7. The smallest absolute Gasteiger partial charge is 0.149 e. The Morgan fingerprint density at radius 3 is 1.91 bits per heavy atom. The molecule has 8 aromatic rings. The monoisotopic (exact) mass is 896 g/mol. The van der Waals surface area contributed by atoms with E-state index >= 15 is 0 Å². The Bertz CT molecular complexity index is 3470. The molecule has 0 amide bonds. The second-order valence-electron chi connectivity index (χ2n) is 21.1. The van der Waals surface area contributed by atoms with E-state index in [9.17, 15) is 6.48 Å². The first-order valence-electron chi connectivity index (χ1n) is 28.4. The first-order chi connectivity index (χ1) is 35.6. The first-order valence-corrected chi connectivity index (χ1v) is 23.4. The molecular formula is C63H71N3O. The van der Waals surface area contributed by atoms with Crippen LogP contribution in [0.15, 0.2) is 134 Å². The number of hydrogen-bond donors (Lipinski definition) is 1. The predicted octanol–water partition coefficient (Wildman–Crippen LogP) is 17.7. The predicted molar refractivity (Wildman–Crippen MR) is 286 cm³/mol. The van der Waals surface area contributed by atoms with Crippen molar-refractivity contribution >= 4 is 11.0 Å². The average Bonchev–Trinajstić information content (AvgIpc) is 3.83. The van der Waals surface area contributed by atoms with Crippen molar-refractivity contribution in [3.05, 3.63) is 167 Å². The second-order valence-corrected chi connectivity index (χ2v) is 21.1. The van der Waals surface area contributed by atoms with Crippen LogP contribution in [-0.2, 0) is 16.2 Å². The molecule has 0 aliphatic heterocycles. The fourth-order valence-corrected chi connectivity index (χ4v) is 9.13. The van der Waals surface area contributed by atoms with Crippen LogP contribution in [0.3, 0.4) is 0 Å². The maximum Gasteiger partial charge on any atom is 0.149 e. The van der Waals surface area contributed by atoms with Gasteiger partial charge in [0.05, 0.1) is 22.3 Å². The number of aromatic hydroxyl groups is 1. The van der Waals surface area contributed by atoms with Gasteiger partial charge in [-0.05, 0) is 144 Å². The molecule has 0 fully saturated rings. The number of phenolic OH excluding ortho intramolecular Hbond substituents is 1. The normalized spacial score (nSPS) is 15.5. The number of aromatic nitrogens is 3. The third-order valence-electron chi connectivity index (χ3n) is 13.0. The van der Waals surface area contributed by atoms with Crippen molar-refractivity contribution in [2.45, 2.75) is 138 Å². The lowest BCUT2D eigenvalue weighted by molar-refractivity contribution is 0.466. The third kappa shape index (κ3) is 9.38. The van der Waals surface area contributed by atoms with Gasteiger partial charge in [-0.25, -0.2) is 4.98 Å². The minimum Gasteiger partial charge on any atom is -0.507 e. The summed E-state index contributed by atoms with van der Waals surface area (Å²) in [6.45, 7) is 15.3. The number of phenols is 1. The highest BCUT2D eigenvalue weighted by Crippen LogP contribution is 2.45. The zero-order valence-electron chi connectivity index (χ0n) is 51.1. The lowest BCUT2D eigenvalue weighted by Gasteiger charge is -2.25. The van der Waals surface area contributed by atoms with Crippen LogP contribution in [0.2, 0.25) is 0 Å². The molecule has 344 valence electrons. The topological polar surface area (TPSA) is 50.9 Å². The standard InChI is InChI=1S/C63H71N3O/c1-38(2)43-34-53(40(5)6)59(67)54(35-43)60-65-58-49(20-18-22-57(58)66(60)48-27-28-50(52(37-48)39(3)4)51-19-16-17-21-55(51)63(13,14)15)44-31-45(33-47(32-44)62(10,11)12)56-36-42(29-30-64-56)41-23-25-46(26-24-41)61(7,8)9/h16-40,67H,1-15H3/i7D3,8D3,9D3,39D. The van der Waals surface area contributed by atoms with Crippen LogP contribution in [0.5, 0.6) is 5.75 Å². The Morgan fingerprint density at radius 1 is 0.552 bits per heavy atom. The summed E-state index contributed by atoms with van der Waals surface area (Å²) in [5, 5.41) is 12.4. The van der Waals surface area contributed by atoms with Crippen molar-refractivity contribution in [3.8, 4) is 67.5 Å². The van der Waals surface area contributed by atoms with E-state index < -0.39 is 31.9 Å². The average molecular weight is 896 g/mol. The number of rotatable bonds is 9. The van der Waals surface area contributed by atoms with Crippen molar-refractivity contribution in [2.75, 3.05) is 0 Å².